The van der Waals surface area contributed by atoms with E-state index >= 15 is 0 Å². The van der Waals surface area contributed by atoms with Gasteiger partial charge in [0.05, 0.1) is 0 Å². The van der Waals surface area contributed by atoms with E-state index in [1.165, 1.54) is 0 Å². The molecule has 6 nitrogen and oxygen atoms in total. The normalized spacial score (nSPS) is 4.80. The average molecular weight is 208 g/mol. The Balaban J connectivity index is -0.0000000300. The molecule has 0 aliphatic carbocycles. The molecule has 0 saturated heterocycles. The molecule has 10 heavy (non-hydrogen) atoms. The van der Waals surface area contributed by atoms with Crippen LogP contribution in [0.1, 0.15) is 0 Å². The third kappa shape index (κ3) is 873. The van der Waals surface area contributed by atoms with Gasteiger partial charge in [0.2, 0.25) is 0 Å². The van der Waals surface area contributed by atoms with Gasteiger partial charge in [0.1, 0.15) is 0 Å². The molecule has 0 spiro atoms. The molecule has 0 unspecified atom stereocenters. The smallest absolute Gasteiger partial charge is 0.652 e. The topological polar surface area (TPSA) is 126 Å². The summed E-state index contributed by atoms with van der Waals surface area (Å²) < 4.78 is 0. The molecule has 0 aliphatic heterocycles. The zero-order chi connectivity index (χ0) is 7.15. The second kappa shape index (κ2) is 15.8. The first-order valence-corrected chi connectivity index (χ1v) is 1.22. The number of carboxylic acid groups (broad SMARTS) is 4. The molecule has 0 bridgehead atoms. The second-order valence-electron chi connectivity index (χ2n) is 0.500. The third-order valence-electron chi connectivity index (χ3n) is 0. The maximum atomic E-state index is 8.33. The van der Waals surface area contributed by atoms with Crippen LogP contribution in [0.25, 0.3) is 0 Å². The summed E-state index contributed by atoms with van der Waals surface area (Å²) in [5, 5.41) is 33.3. The molecule has 0 aliphatic rings. The molecule has 0 amide bonds. The summed E-state index contributed by atoms with van der Waals surface area (Å²) in [5.74, 6) is 0. The summed E-state index contributed by atoms with van der Waals surface area (Å²) in [7, 11) is 0. The van der Waals surface area contributed by atoms with Crippen molar-refractivity contribution >= 4 is 25.8 Å². The zero-order valence-electron chi connectivity index (χ0n) is 4.21. The number of carbonyl (C=O) groups is 2. The van der Waals surface area contributed by atoms with Crippen molar-refractivity contribution in [1.82, 2.24) is 0 Å². The Labute approximate surface area is 73.4 Å². The molecule has 0 N–H and O–H groups in total. The quantitative estimate of drug-likeness (QED) is 0.367. The molecular weight excluding hydrogens is 208 g/mol. The van der Waals surface area contributed by atoms with Gasteiger partial charge in [-0.3, -0.25) is 0 Å². The Morgan fingerprint density at radius 2 is 0.800 bits per heavy atom. The van der Waals surface area contributed by atoms with E-state index in [4.69, 9.17) is 30.0 Å². The van der Waals surface area contributed by atoms with Gasteiger partial charge in [-0.05, 0) is 12.3 Å². The van der Waals surface area contributed by atoms with Crippen LogP contribution in [0.5, 0.6) is 0 Å². The van der Waals surface area contributed by atoms with E-state index in [2.05, 4.69) is 0 Å². The summed E-state index contributed by atoms with van der Waals surface area (Å²) in [6.07, 6.45) is -4.67. The Bertz CT molecular complexity index is 73.7. The van der Waals surface area contributed by atoms with E-state index in [0.717, 1.165) is 0 Å². The van der Waals surface area contributed by atoms with Gasteiger partial charge < -0.3 is 30.0 Å². The molecule has 0 rings (SSSR count). The summed E-state index contributed by atoms with van der Waals surface area (Å²) in [6.45, 7) is 0. The largest absolute Gasteiger partial charge is 2.00 e. The van der Waals surface area contributed by atoms with E-state index in [1.54, 1.807) is 0 Å². The second-order valence-corrected chi connectivity index (χ2v) is 0.500. The van der Waals surface area contributed by atoms with E-state index in [1.807, 2.05) is 0 Å². The summed E-state index contributed by atoms with van der Waals surface area (Å²) in [5.41, 5.74) is 0. The van der Waals surface area contributed by atoms with E-state index in [0.29, 0.717) is 0 Å². The minimum absolute atomic E-state index is 0. The summed E-state index contributed by atoms with van der Waals surface area (Å²) in [4.78, 5) is 16.7. The van der Waals surface area contributed by atoms with Crippen LogP contribution in [0.3, 0.4) is 0 Å². The van der Waals surface area contributed by atoms with Crippen molar-refractivity contribution in [2.75, 3.05) is 0 Å². The fraction of sp³-hybridized carbons (Fsp3) is 0. The van der Waals surface area contributed by atoms with Crippen molar-refractivity contribution in [3.8, 4) is 0 Å². The molecule has 0 heterocycles. The van der Waals surface area contributed by atoms with Gasteiger partial charge in [-0.2, -0.15) is 0 Å². The van der Waals surface area contributed by atoms with E-state index in [-0.39, 0.29) is 30.6 Å². The Kier molecular flexibility index (Phi) is 35.9. The molecular formula is C2FeO6S. The number of hydrogen-bond acceptors (Lipinski definition) is 6. The van der Waals surface area contributed by atoms with Crippen molar-refractivity contribution in [2.45, 2.75) is 0 Å². The standard InChI is InChI=1S/2CH2O3.Fe.S/c2*2-1(3)4;;/h2*(H2,2,3,4);;/q;;2*+2/p-4. The average Bonchev–Trinajstić information content (AvgIpc) is 1.25. The number of carbonyl (C=O) groups excluding carboxylic acids is 2. The van der Waals surface area contributed by atoms with Crippen molar-refractivity contribution in [3.05, 3.63) is 0 Å². The van der Waals surface area contributed by atoms with Crippen LogP contribution < -0.4 is 20.4 Å². The zero-order valence-corrected chi connectivity index (χ0v) is 6.13. The third-order valence-corrected chi connectivity index (χ3v) is 0. The first kappa shape index (κ1) is 22.7. The minimum atomic E-state index is -2.33. The van der Waals surface area contributed by atoms with Crippen LogP contribution in [0, 0.1) is 0 Å². The summed E-state index contributed by atoms with van der Waals surface area (Å²) >= 11 is 0. The van der Waals surface area contributed by atoms with Gasteiger partial charge in [-0.1, -0.05) is 0 Å². The van der Waals surface area contributed by atoms with Gasteiger partial charge in [0.25, 0.3) is 0 Å². The molecule has 8 heteroatoms. The van der Waals surface area contributed by atoms with Gasteiger partial charge in [0.15, 0.2) is 0 Å². The Hall–Kier alpha value is -0.591. The van der Waals surface area contributed by atoms with Crippen LogP contribution in [0.4, 0.5) is 9.59 Å². The molecule has 0 aromatic rings. The van der Waals surface area contributed by atoms with Crippen LogP contribution in [-0.4, -0.2) is 12.3 Å². The first-order chi connectivity index (χ1) is 3.46. The predicted octanol–water partition coefficient (Wildman–Crippen LogP) is -4.90. The van der Waals surface area contributed by atoms with Crippen molar-refractivity contribution in [3.63, 3.8) is 0 Å². The minimum Gasteiger partial charge on any atom is -0.652 e. The van der Waals surface area contributed by atoms with Crippen LogP contribution >= 0.6 is 0 Å². The van der Waals surface area contributed by atoms with E-state index in [9.17, 15) is 0 Å². The predicted molar refractivity (Wildman–Crippen MR) is 18.2 cm³/mol. The maximum absolute atomic E-state index is 8.33. The van der Waals surface area contributed by atoms with Crippen molar-refractivity contribution < 1.29 is 47.1 Å². The molecule has 0 atom stereocenters. The molecule has 58 valence electrons. The van der Waals surface area contributed by atoms with E-state index < -0.39 is 12.3 Å². The van der Waals surface area contributed by atoms with Crippen molar-refractivity contribution in [1.29, 1.82) is 0 Å². The first-order valence-electron chi connectivity index (χ1n) is 1.22. The van der Waals surface area contributed by atoms with Gasteiger partial charge in [-0.15, -0.1) is 0 Å². The molecule has 0 saturated carbocycles. The fourth-order valence-corrected chi connectivity index (χ4v) is 0. The van der Waals surface area contributed by atoms with Gasteiger partial charge in [0, 0.05) is 0 Å². The van der Waals surface area contributed by atoms with Crippen LogP contribution in [-0.2, 0) is 30.6 Å². The van der Waals surface area contributed by atoms with Gasteiger partial charge >= 0.3 is 30.6 Å². The van der Waals surface area contributed by atoms with Gasteiger partial charge in [-0.25, -0.2) is 0 Å². The number of hydrogen-bond donors (Lipinski definition) is 0. The fourth-order valence-electron chi connectivity index (χ4n) is 0. The molecule has 0 fully saturated rings. The molecule has 4 radical (unpaired) electrons. The monoisotopic (exact) mass is 208 g/mol. The Morgan fingerprint density at radius 3 is 0.800 bits per heavy atom. The molecule has 0 aromatic heterocycles. The Morgan fingerprint density at radius 1 is 0.800 bits per heavy atom. The maximum Gasteiger partial charge on any atom is 2.00 e. The van der Waals surface area contributed by atoms with Crippen molar-refractivity contribution in [2.24, 2.45) is 0 Å². The molecule has 0 aromatic carbocycles. The van der Waals surface area contributed by atoms with Crippen LogP contribution in [0.2, 0.25) is 0 Å². The SMILES string of the molecule is O=C([O-])[O-].O=C([O-])[O-].[Fe+2].[S+2]. The summed E-state index contributed by atoms with van der Waals surface area (Å²) in [6, 6.07) is 0. The number of rotatable bonds is 0. The van der Waals surface area contributed by atoms with Crippen LogP contribution in [0.15, 0.2) is 0 Å².